The Kier molecular flexibility index (Phi) is 7.60. The number of halogens is 1. The average molecular weight is 395 g/mol. The van der Waals surface area contributed by atoms with Crippen molar-refractivity contribution in [3.63, 3.8) is 0 Å². The van der Waals surface area contributed by atoms with E-state index in [2.05, 4.69) is 15.5 Å². The molecule has 19 heavy (non-hydrogen) atoms. The van der Waals surface area contributed by atoms with Gasteiger partial charge in [-0.3, -0.25) is 9.59 Å². The van der Waals surface area contributed by atoms with Crippen molar-refractivity contribution in [1.82, 2.24) is 15.5 Å². The molecule has 1 aromatic rings. The quantitative estimate of drug-likeness (QED) is 0.367. The largest absolute Gasteiger partial charge is 0.379 e. The summed E-state index contributed by atoms with van der Waals surface area (Å²) in [5.41, 5.74) is 2.28. The molecule has 2 amide bonds. The van der Waals surface area contributed by atoms with Crippen LogP contribution < -0.4 is 20.4 Å². The molecule has 0 aromatic heterocycles. The number of nitrogens with one attached hydrogen (secondary N) is 3. The van der Waals surface area contributed by atoms with Crippen LogP contribution in [-0.2, 0) is 9.59 Å². The van der Waals surface area contributed by atoms with Gasteiger partial charge in [-0.2, -0.15) is 5.48 Å². The third-order valence-electron chi connectivity index (χ3n) is 2.07. The molecule has 1 rings (SSSR count). The smallest absolute Gasteiger partial charge is 0.274 e. The highest BCUT2D eigenvalue weighted by molar-refractivity contribution is 14.2. The molecule has 1 aromatic carbocycles. The molecular formula is C11H14IN3O3S. The Labute approximate surface area is 127 Å². The molecule has 1 unspecified atom stereocenters. The molecule has 0 radical (unpaired) electrons. The van der Waals surface area contributed by atoms with Gasteiger partial charge in [0.2, 0.25) is 5.91 Å². The summed E-state index contributed by atoms with van der Waals surface area (Å²) in [4.78, 5) is 28.1. The lowest BCUT2D eigenvalue weighted by molar-refractivity contribution is -0.132. The van der Waals surface area contributed by atoms with E-state index >= 15 is 0 Å². The number of amides is 2. The highest BCUT2D eigenvalue weighted by Gasteiger charge is 2.15. The third kappa shape index (κ3) is 6.64. The van der Waals surface area contributed by atoms with Gasteiger partial charge in [0.1, 0.15) is 6.04 Å². The average Bonchev–Trinajstić information content (AvgIpc) is 2.43. The first-order chi connectivity index (χ1) is 9.13. The van der Waals surface area contributed by atoms with Gasteiger partial charge in [-0.15, -0.1) is 0 Å². The molecule has 6 nitrogen and oxygen atoms in total. The summed E-state index contributed by atoms with van der Waals surface area (Å²) >= 11 is 2.01. The van der Waals surface area contributed by atoms with E-state index in [0.29, 0.717) is 5.75 Å². The van der Waals surface area contributed by atoms with Gasteiger partial charge in [0.05, 0.1) is 6.54 Å². The predicted octanol–water partition coefficient (Wildman–Crippen LogP) is 1.19. The van der Waals surface area contributed by atoms with E-state index in [9.17, 15) is 9.59 Å². The predicted molar refractivity (Wildman–Crippen MR) is 82.4 cm³/mol. The Hall–Kier alpha value is -1.00. The molecule has 104 valence electrons. The van der Waals surface area contributed by atoms with Crippen molar-refractivity contribution in [2.24, 2.45) is 0 Å². The van der Waals surface area contributed by atoms with E-state index in [0.717, 1.165) is 0 Å². The van der Waals surface area contributed by atoms with Gasteiger partial charge in [-0.1, -0.05) is 18.2 Å². The first-order valence-electron chi connectivity index (χ1n) is 5.45. The van der Waals surface area contributed by atoms with Crippen LogP contribution in [0.25, 0.3) is 0 Å². The van der Waals surface area contributed by atoms with Gasteiger partial charge < -0.3 is 10.2 Å². The molecule has 0 saturated heterocycles. The lowest BCUT2D eigenvalue weighted by atomic mass is 10.3. The van der Waals surface area contributed by atoms with E-state index in [1.165, 1.54) is 9.12 Å². The number of rotatable bonds is 7. The van der Waals surface area contributed by atoms with E-state index in [1.807, 2.05) is 27.3 Å². The lowest BCUT2D eigenvalue weighted by Gasteiger charge is -2.14. The highest BCUT2D eigenvalue weighted by atomic mass is 127. The zero-order valence-corrected chi connectivity index (χ0v) is 13.2. The molecule has 0 spiro atoms. The van der Waals surface area contributed by atoms with Gasteiger partial charge in [-0.25, -0.2) is 4.72 Å². The van der Waals surface area contributed by atoms with Gasteiger partial charge in [0.25, 0.3) is 5.91 Å². The fourth-order valence-electron chi connectivity index (χ4n) is 1.14. The molecule has 3 N–H and O–H groups in total. The molecule has 0 aliphatic heterocycles. The van der Waals surface area contributed by atoms with Gasteiger partial charge in [0, 0.05) is 21.2 Å². The topological polar surface area (TPSA) is 79.5 Å². The summed E-state index contributed by atoms with van der Waals surface area (Å²) in [7, 11) is 1.31. The summed E-state index contributed by atoms with van der Waals surface area (Å²) in [5, 5.41) is 2.54. The van der Waals surface area contributed by atoms with Crippen molar-refractivity contribution < 1.29 is 14.4 Å². The summed E-state index contributed by atoms with van der Waals surface area (Å²) in [6, 6.07) is 8.18. The summed E-state index contributed by atoms with van der Waals surface area (Å²) in [6.07, 6.45) is 0. The first kappa shape index (κ1) is 16.1. The standard InChI is InChI=1S/C11H14IN3O3S/c1-8(14-10(16)7-13-19-12)11(17)15-18-9-5-3-2-4-6-9/h2-6,8,13H,7H2,1H3,(H,14,16)(H,15,17). The van der Waals surface area contributed by atoms with Crippen LogP contribution in [0.3, 0.4) is 0 Å². The van der Waals surface area contributed by atoms with Crippen molar-refractivity contribution in [2.75, 3.05) is 6.54 Å². The minimum absolute atomic E-state index is 0.144. The Morgan fingerprint density at radius 3 is 2.68 bits per heavy atom. The fraction of sp³-hybridized carbons (Fsp3) is 0.273. The molecule has 1 atom stereocenters. The number of carbonyl (C=O) groups is 2. The minimum atomic E-state index is -0.669. The van der Waals surface area contributed by atoms with E-state index < -0.39 is 11.9 Å². The number of carbonyl (C=O) groups excluding carboxylic acids is 2. The van der Waals surface area contributed by atoms with Crippen LogP contribution in [0.15, 0.2) is 30.3 Å². The van der Waals surface area contributed by atoms with Gasteiger partial charge in [-0.05, 0) is 28.2 Å². The van der Waals surface area contributed by atoms with E-state index in [1.54, 1.807) is 31.2 Å². The Morgan fingerprint density at radius 2 is 2.05 bits per heavy atom. The normalized spacial score (nSPS) is 11.5. The van der Waals surface area contributed by atoms with Crippen LogP contribution in [-0.4, -0.2) is 24.4 Å². The second-order valence-electron chi connectivity index (χ2n) is 3.57. The van der Waals surface area contributed by atoms with Crippen LogP contribution in [0.1, 0.15) is 6.92 Å². The number of hydrogen-bond acceptors (Lipinski definition) is 5. The zero-order valence-electron chi connectivity index (χ0n) is 10.2. The van der Waals surface area contributed by atoms with Crippen molar-refractivity contribution >= 4 is 42.1 Å². The van der Waals surface area contributed by atoms with Crippen LogP contribution in [0.2, 0.25) is 0 Å². The highest BCUT2D eigenvalue weighted by Crippen LogP contribution is 2.06. The van der Waals surface area contributed by atoms with E-state index in [4.69, 9.17) is 4.84 Å². The maximum atomic E-state index is 11.6. The van der Waals surface area contributed by atoms with E-state index in [-0.39, 0.29) is 12.5 Å². The van der Waals surface area contributed by atoms with Crippen LogP contribution in [0, 0.1) is 0 Å². The third-order valence-corrected chi connectivity index (χ3v) is 3.26. The Balaban J connectivity index is 2.30. The summed E-state index contributed by atoms with van der Waals surface area (Å²) in [5.74, 6) is -0.150. The van der Waals surface area contributed by atoms with Crippen LogP contribution in [0.5, 0.6) is 5.75 Å². The maximum absolute atomic E-state index is 11.6. The number of benzene rings is 1. The number of hydrogen-bond donors (Lipinski definition) is 3. The zero-order chi connectivity index (χ0) is 14.1. The maximum Gasteiger partial charge on any atom is 0.274 e. The van der Waals surface area contributed by atoms with Crippen molar-refractivity contribution in [1.29, 1.82) is 0 Å². The molecule has 0 heterocycles. The fourth-order valence-corrected chi connectivity index (χ4v) is 1.79. The van der Waals surface area contributed by atoms with Crippen LogP contribution in [0.4, 0.5) is 0 Å². The Morgan fingerprint density at radius 1 is 1.37 bits per heavy atom. The van der Waals surface area contributed by atoms with Crippen molar-refractivity contribution in [3.05, 3.63) is 30.3 Å². The van der Waals surface area contributed by atoms with Crippen molar-refractivity contribution in [3.8, 4) is 5.75 Å². The molecule has 0 bridgehead atoms. The molecule has 8 heteroatoms. The van der Waals surface area contributed by atoms with Gasteiger partial charge >= 0.3 is 0 Å². The minimum Gasteiger partial charge on any atom is -0.379 e. The SMILES string of the molecule is CC(NC(=O)CNSI)C(=O)NOc1ccccc1. The second-order valence-corrected chi connectivity index (χ2v) is 5.33. The molecule has 0 fully saturated rings. The summed E-state index contributed by atoms with van der Waals surface area (Å²) < 4.78 is 2.78. The molecule has 0 aliphatic rings. The number of para-hydroxylation sites is 1. The number of hydroxylamine groups is 1. The summed E-state index contributed by atoms with van der Waals surface area (Å²) in [6.45, 7) is 1.73. The van der Waals surface area contributed by atoms with Gasteiger partial charge in [0.15, 0.2) is 5.75 Å². The van der Waals surface area contributed by atoms with Crippen molar-refractivity contribution in [2.45, 2.75) is 13.0 Å². The first-order valence-corrected chi connectivity index (χ1v) is 8.81. The monoisotopic (exact) mass is 395 g/mol. The second kappa shape index (κ2) is 8.99. The molecule has 0 saturated carbocycles. The van der Waals surface area contributed by atoms with Crippen LogP contribution >= 0.6 is 30.3 Å². The lowest BCUT2D eigenvalue weighted by Crippen LogP contribution is -2.47. The molecule has 0 aliphatic carbocycles. The Bertz CT molecular complexity index is 419. The molecular weight excluding hydrogens is 381 g/mol.